The zero-order valence-corrected chi connectivity index (χ0v) is 20.1. The maximum absolute atomic E-state index is 13.3. The first-order valence-corrected chi connectivity index (χ1v) is 12.7. The van der Waals surface area contributed by atoms with Gasteiger partial charge >= 0.3 is 5.97 Å². The van der Waals surface area contributed by atoms with Crippen LogP contribution in [0.25, 0.3) is 0 Å². The van der Waals surface area contributed by atoms with Crippen LogP contribution in [0.4, 0.5) is 0 Å². The van der Waals surface area contributed by atoms with Crippen LogP contribution in [0.1, 0.15) is 22.8 Å². The Bertz CT molecular complexity index is 1230. The van der Waals surface area contributed by atoms with Crippen LogP contribution in [0.15, 0.2) is 91.0 Å². The van der Waals surface area contributed by atoms with Crippen molar-refractivity contribution in [2.75, 3.05) is 5.75 Å². The summed E-state index contributed by atoms with van der Waals surface area (Å²) in [5.41, 5.74) is 2.35. The summed E-state index contributed by atoms with van der Waals surface area (Å²) in [5.74, 6) is -1.85. The highest BCUT2D eigenvalue weighted by Crippen LogP contribution is 2.38. The van der Waals surface area contributed by atoms with Gasteiger partial charge in [0.05, 0.1) is 12.2 Å². The van der Waals surface area contributed by atoms with E-state index >= 15 is 0 Å². The van der Waals surface area contributed by atoms with E-state index < -0.39 is 35.4 Å². The van der Waals surface area contributed by atoms with Crippen LogP contribution in [0.3, 0.4) is 0 Å². The summed E-state index contributed by atoms with van der Waals surface area (Å²) in [5, 5.41) is 2.27. The Balaban J connectivity index is 1.30. The fourth-order valence-electron chi connectivity index (χ4n) is 4.49. The third-order valence-electron chi connectivity index (χ3n) is 6.25. The van der Waals surface area contributed by atoms with E-state index in [4.69, 9.17) is 4.74 Å². The number of carbonyl (C=O) groups excluding carboxylic acids is 4. The number of nitrogens with zero attached hydrogens (tertiary/aromatic N) is 1. The lowest BCUT2D eigenvalue weighted by atomic mass is 9.99. The van der Waals surface area contributed by atoms with Crippen molar-refractivity contribution in [1.29, 1.82) is 0 Å². The minimum atomic E-state index is -1.33. The molecule has 36 heavy (non-hydrogen) atoms. The Labute approximate surface area is 212 Å². The molecule has 0 aliphatic carbocycles. The number of thioether (sulfide) groups is 1. The van der Waals surface area contributed by atoms with Gasteiger partial charge in [0.15, 0.2) is 17.9 Å². The van der Waals surface area contributed by atoms with Gasteiger partial charge in [0.25, 0.3) is 0 Å². The van der Waals surface area contributed by atoms with Crippen LogP contribution in [-0.4, -0.2) is 51.7 Å². The smallest absolute Gasteiger partial charge is 0.337 e. The average molecular weight is 501 g/mol. The molecule has 2 aliphatic heterocycles. The molecule has 2 amide bonds. The molecule has 3 aromatic rings. The Hall–Kier alpha value is -3.91. The fraction of sp³-hybridized carbons (Fsp3) is 0.214. The molecule has 182 valence electrons. The van der Waals surface area contributed by atoms with Crippen LogP contribution in [0.5, 0.6) is 0 Å². The number of hydrogen-bond acceptors (Lipinski definition) is 6. The number of carbonyl (C=O) groups is 4. The highest BCUT2D eigenvalue weighted by molar-refractivity contribution is 8.00. The molecule has 0 aromatic heterocycles. The third kappa shape index (κ3) is 4.77. The minimum Gasteiger partial charge on any atom is -0.451 e. The van der Waals surface area contributed by atoms with Crippen molar-refractivity contribution in [3.05, 3.63) is 108 Å². The van der Waals surface area contributed by atoms with Crippen LogP contribution in [0.2, 0.25) is 0 Å². The van der Waals surface area contributed by atoms with Crippen LogP contribution < -0.4 is 5.32 Å². The Morgan fingerprint density at radius 3 is 2.03 bits per heavy atom. The van der Waals surface area contributed by atoms with Crippen LogP contribution >= 0.6 is 11.8 Å². The number of esters is 1. The predicted octanol–water partition coefficient (Wildman–Crippen LogP) is 2.90. The number of ether oxygens (including phenoxy) is 1. The molecule has 2 aliphatic rings. The molecular weight excluding hydrogens is 476 g/mol. The first-order chi connectivity index (χ1) is 17.5. The number of nitrogens with one attached hydrogen (secondary N) is 1. The van der Waals surface area contributed by atoms with Gasteiger partial charge in [-0.15, -0.1) is 11.8 Å². The molecule has 2 unspecified atom stereocenters. The molecule has 2 fully saturated rings. The summed E-state index contributed by atoms with van der Waals surface area (Å²) in [6, 6.07) is 25.6. The molecule has 0 saturated carbocycles. The van der Waals surface area contributed by atoms with E-state index in [0.717, 1.165) is 16.7 Å². The molecular formula is C28H24N2O5S. The second-order valence-corrected chi connectivity index (χ2v) is 9.77. The van der Waals surface area contributed by atoms with Gasteiger partial charge in [0.1, 0.15) is 11.4 Å². The lowest BCUT2D eigenvalue weighted by Gasteiger charge is -2.51. The van der Waals surface area contributed by atoms with Gasteiger partial charge in [-0.3, -0.25) is 14.4 Å². The number of rotatable bonds is 7. The van der Waals surface area contributed by atoms with Gasteiger partial charge in [-0.2, -0.15) is 0 Å². The summed E-state index contributed by atoms with van der Waals surface area (Å²) >= 11 is 1.25. The van der Waals surface area contributed by atoms with E-state index in [1.165, 1.54) is 16.7 Å². The fourth-order valence-corrected chi connectivity index (χ4v) is 5.74. The van der Waals surface area contributed by atoms with E-state index in [2.05, 4.69) is 5.32 Å². The lowest BCUT2D eigenvalue weighted by molar-refractivity contribution is -0.170. The van der Waals surface area contributed by atoms with E-state index in [9.17, 15) is 19.2 Å². The summed E-state index contributed by atoms with van der Waals surface area (Å²) < 4.78 is 5.88. The number of amides is 2. The van der Waals surface area contributed by atoms with Crippen molar-refractivity contribution in [2.45, 2.75) is 30.0 Å². The molecule has 0 bridgehead atoms. The van der Waals surface area contributed by atoms with E-state index in [1.807, 2.05) is 91.0 Å². The first kappa shape index (κ1) is 23.8. The monoisotopic (exact) mass is 500 g/mol. The Kier molecular flexibility index (Phi) is 6.86. The molecule has 7 nitrogen and oxygen atoms in total. The number of benzene rings is 3. The highest BCUT2D eigenvalue weighted by atomic mass is 32.2. The molecule has 3 aromatic carbocycles. The van der Waals surface area contributed by atoms with Crippen molar-refractivity contribution < 1.29 is 23.9 Å². The second-order valence-electron chi connectivity index (χ2n) is 8.66. The number of fused-ring (bicyclic) bond motifs is 1. The number of hydrogen-bond donors (Lipinski definition) is 1. The van der Waals surface area contributed by atoms with Crippen molar-refractivity contribution in [2.24, 2.45) is 0 Å². The predicted molar refractivity (Wildman–Crippen MR) is 135 cm³/mol. The second kappa shape index (κ2) is 10.4. The summed E-state index contributed by atoms with van der Waals surface area (Å²) in [6.07, 6.45) is -0.583. The summed E-state index contributed by atoms with van der Waals surface area (Å²) in [4.78, 5) is 52.9. The molecule has 0 radical (unpaired) electrons. The van der Waals surface area contributed by atoms with Gasteiger partial charge in [0, 0.05) is 0 Å². The maximum atomic E-state index is 13.3. The number of Topliss-reactive ketones (excluding diaryl/α,β-unsaturated/α-hetero) is 1. The van der Waals surface area contributed by atoms with Crippen LogP contribution in [0, 0.1) is 0 Å². The summed E-state index contributed by atoms with van der Waals surface area (Å²) in [7, 11) is 0. The standard InChI is InChI=1S/C28H24N2O5S/c31-21-17-36-27-23(29-22(32)16-18-10-4-1-5-11-18)26(33)30(27)24(21)28(34)35-25(19-12-6-2-7-13-19)20-14-8-3-9-15-20/h1-15,23-25,27H,16-17H2,(H,29,32)/t23?,24?,27-/m0/s1. The van der Waals surface area contributed by atoms with E-state index in [-0.39, 0.29) is 23.9 Å². The zero-order chi connectivity index (χ0) is 25.1. The molecule has 8 heteroatoms. The maximum Gasteiger partial charge on any atom is 0.337 e. The van der Waals surface area contributed by atoms with E-state index in [1.54, 1.807) is 0 Å². The largest absolute Gasteiger partial charge is 0.451 e. The van der Waals surface area contributed by atoms with Gasteiger partial charge in [-0.25, -0.2) is 4.79 Å². The van der Waals surface area contributed by atoms with Gasteiger partial charge in [-0.05, 0) is 16.7 Å². The van der Waals surface area contributed by atoms with Gasteiger partial charge in [0.2, 0.25) is 11.8 Å². The third-order valence-corrected chi connectivity index (χ3v) is 7.54. The van der Waals surface area contributed by atoms with Crippen molar-refractivity contribution in [3.63, 3.8) is 0 Å². The molecule has 2 saturated heterocycles. The first-order valence-electron chi connectivity index (χ1n) is 11.6. The summed E-state index contributed by atoms with van der Waals surface area (Å²) in [6.45, 7) is 0. The van der Waals surface area contributed by atoms with Crippen molar-refractivity contribution in [1.82, 2.24) is 10.2 Å². The SMILES string of the molecule is O=C(Cc1ccccc1)NC1C(=O)N2C(C(=O)OC(c3ccccc3)c3ccccc3)C(=O)CS[C@@H]12. The topological polar surface area (TPSA) is 92.8 Å². The van der Waals surface area contributed by atoms with E-state index in [0.29, 0.717) is 0 Å². The Morgan fingerprint density at radius 2 is 1.44 bits per heavy atom. The number of ketones is 1. The average Bonchev–Trinajstić information content (AvgIpc) is 2.91. The normalized spacial score (nSPS) is 20.9. The zero-order valence-electron chi connectivity index (χ0n) is 19.3. The van der Waals surface area contributed by atoms with Gasteiger partial charge < -0.3 is 15.0 Å². The van der Waals surface area contributed by atoms with Crippen molar-refractivity contribution in [3.8, 4) is 0 Å². The Morgan fingerprint density at radius 1 is 0.889 bits per heavy atom. The minimum absolute atomic E-state index is 0.0562. The molecule has 5 rings (SSSR count). The number of β-lactam (4-membered cyclic amide) rings is 1. The van der Waals surface area contributed by atoms with Crippen LogP contribution in [-0.2, 0) is 30.3 Å². The molecule has 0 spiro atoms. The van der Waals surface area contributed by atoms with Gasteiger partial charge in [-0.1, -0.05) is 91.0 Å². The lowest BCUT2D eigenvalue weighted by Crippen LogP contribution is -2.76. The highest BCUT2D eigenvalue weighted by Gasteiger charge is 2.58. The van der Waals surface area contributed by atoms with Crippen molar-refractivity contribution >= 4 is 35.3 Å². The molecule has 3 atom stereocenters. The quantitative estimate of drug-likeness (QED) is 0.305. The molecule has 1 N–H and O–H groups in total. The molecule has 2 heterocycles.